The first-order valence-electron chi connectivity index (χ1n) is 9.85. The van der Waals surface area contributed by atoms with Crippen molar-refractivity contribution < 1.29 is 17.6 Å². The van der Waals surface area contributed by atoms with E-state index in [1.807, 2.05) is 13.0 Å². The first-order chi connectivity index (χ1) is 15.6. The number of hydrogen-bond donors (Lipinski definition) is 3. The molecule has 172 valence electrons. The van der Waals surface area contributed by atoms with Crippen molar-refractivity contribution in [3.8, 4) is 6.07 Å². The fraction of sp³-hybridized carbons (Fsp3) is 0.227. The van der Waals surface area contributed by atoms with Crippen LogP contribution in [-0.2, 0) is 21.1 Å². The highest BCUT2D eigenvalue weighted by atomic mass is 32.2. The zero-order valence-electron chi connectivity index (χ0n) is 17.9. The van der Waals surface area contributed by atoms with Crippen molar-refractivity contribution in [2.75, 3.05) is 16.9 Å². The van der Waals surface area contributed by atoms with Gasteiger partial charge in [0, 0.05) is 6.26 Å². The Morgan fingerprint density at radius 2 is 1.94 bits per heavy atom. The Balaban J connectivity index is 1.77. The second-order valence-corrected chi connectivity index (χ2v) is 10.3. The number of hydrogen-bond acceptors (Lipinski definition) is 8. The molecule has 0 aliphatic rings. The molecule has 0 spiro atoms. The Bertz CT molecular complexity index is 1310. The number of amides is 1. The summed E-state index contributed by atoms with van der Waals surface area (Å²) >= 11 is 1.20. The van der Waals surface area contributed by atoms with Gasteiger partial charge in [0.25, 0.3) is 0 Å². The molecule has 1 atom stereocenters. The zero-order chi connectivity index (χ0) is 24.2. The van der Waals surface area contributed by atoms with Gasteiger partial charge in [-0.1, -0.05) is 12.1 Å². The van der Waals surface area contributed by atoms with Gasteiger partial charge in [-0.3, -0.25) is 4.79 Å². The average molecular weight is 488 g/mol. The van der Waals surface area contributed by atoms with Crippen LogP contribution in [0.5, 0.6) is 0 Å². The Morgan fingerprint density at radius 1 is 1.24 bits per heavy atom. The molecule has 0 bridgehead atoms. The van der Waals surface area contributed by atoms with Gasteiger partial charge < -0.3 is 16.4 Å². The smallest absolute Gasteiger partial charge is 0.239 e. The summed E-state index contributed by atoms with van der Waals surface area (Å²) in [6.07, 6.45) is 1.79. The molecule has 4 N–H and O–H groups in total. The number of nitriles is 1. The number of aryl methyl sites for hydroxylation is 2. The van der Waals surface area contributed by atoms with Crippen molar-refractivity contribution in [2.24, 2.45) is 5.73 Å². The van der Waals surface area contributed by atoms with Gasteiger partial charge in [0.15, 0.2) is 9.84 Å². The maximum absolute atomic E-state index is 14.6. The summed E-state index contributed by atoms with van der Waals surface area (Å²) < 4.78 is 42.0. The van der Waals surface area contributed by atoms with Crippen molar-refractivity contribution in [2.45, 2.75) is 30.7 Å². The lowest BCUT2D eigenvalue weighted by Gasteiger charge is -2.19. The van der Waals surface area contributed by atoms with Crippen LogP contribution in [0.25, 0.3) is 0 Å². The number of carbonyl (C=O) groups is 1. The van der Waals surface area contributed by atoms with Crippen LogP contribution in [-0.4, -0.2) is 31.0 Å². The highest BCUT2D eigenvalue weighted by molar-refractivity contribution is 7.90. The minimum atomic E-state index is -3.30. The van der Waals surface area contributed by atoms with E-state index >= 15 is 0 Å². The molecule has 8 nitrogen and oxygen atoms in total. The van der Waals surface area contributed by atoms with Gasteiger partial charge >= 0.3 is 0 Å². The lowest BCUT2D eigenvalue weighted by molar-refractivity contribution is -0.118. The van der Waals surface area contributed by atoms with Crippen molar-refractivity contribution in [1.82, 2.24) is 4.37 Å². The number of benzene rings is 2. The number of primary amides is 1. The van der Waals surface area contributed by atoms with Gasteiger partial charge in [0.1, 0.15) is 22.9 Å². The molecule has 1 aromatic heterocycles. The predicted molar refractivity (Wildman–Crippen MR) is 126 cm³/mol. The summed E-state index contributed by atoms with van der Waals surface area (Å²) in [5.41, 5.74) is 7.62. The molecule has 0 saturated heterocycles. The Kier molecular flexibility index (Phi) is 7.30. The molecule has 0 fully saturated rings. The van der Waals surface area contributed by atoms with Crippen LogP contribution >= 0.6 is 11.5 Å². The first kappa shape index (κ1) is 24.2. The molecular weight excluding hydrogens is 465 g/mol. The topological polar surface area (TPSA) is 138 Å². The molecular formula is C22H22FN5O3S2. The SMILES string of the molecule is Cc1cc(Nc2cc(N[C@H](CCc3ccc(S(C)(=O)=O)cc3)C(N)=O)c(F)cc2C#N)sn1. The van der Waals surface area contributed by atoms with Crippen LogP contribution in [0.1, 0.15) is 23.2 Å². The van der Waals surface area contributed by atoms with Crippen LogP contribution in [0.15, 0.2) is 47.4 Å². The second-order valence-electron chi connectivity index (χ2n) is 7.50. The Morgan fingerprint density at radius 3 is 2.48 bits per heavy atom. The van der Waals surface area contributed by atoms with Gasteiger partial charge in [-0.15, -0.1) is 0 Å². The van der Waals surface area contributed by atoms with Crippen molar-refractivity contribution in [3.63, 3.8) is 0 Å². The maximum Gasteiger partial charge on any atom is 0.239 e. The highest BCUT2D eigenvalue weighted by Crippen LogP contribution is 2.29. The minimum Gasteiger partial charge on any atom is -0.371 e. The van der Waals surface area contributed by atoms with Gasteiger partial charge in [-0.05, 0) is 67.2 Å². The number of nitrogens with zero attached hydrogens (tertiary/aromatic N) is 2. The number of rotatable bonds is 9. The van der Waals surface area contributed by atoms with Crippen LogP contribution in [0.2, 0.25) is 0 Å². The number of halogens is 1. The van der Waals surface area contributed by atoms with Crippen molar-refractivity contribution >= 4 is 43.7 Å². The van der Waals surface area contributed by atoms with E-state index in [0.717, 1.165) is 23.6 Å². The first-order valence-corrected chi connectivity index (χ1v) is 12.5. The fourth-order valence-corrected chi connectivity index (χ4v) is 4.43. The standard InChI is InChI=1S/C22H22FN5O3S2/c1-13-9-21(32-28-13)27-19-11-20(17(23)10-15(19)12-24)26-18(22(25)29)8-5-14-3-6-16(7-4-14)33(2,30)31/h3-4,6-7,9-11,18,26-27H,5,8H2,1-2H3,(H2,25,29)/t18-/m1/s1. The molecule has 2 aromatic carbocycles. The van der Waals surface area contributed by atoms with Crippen molar-refractivity contribution in [1.29, 1.82) is 5.26 Å². The van der Waals surface area contributed by atoms with Gasteiger partial charge in [-0.2, -0.15) is 9.64 Å². The third kappa shape index (κ3) is 6.27. The monoisotopic (exact) mass is 487 g/mol. The number of nitrogens with one attached hydrogen (secondary N) is 2. The summed E-state index contributed by atoms with van der Waals surface area (Å²) in [6, 6.07) is 11.7. The number of aromatic nitrogens is 1. The molecule has 1 amide bonds. The molecule has 0 unspecified atom stereocenters. The normalized spacial score (nSPS) is 12.1. The highest BCUT2D eigenvalue weighted by Gasteiger charge is 2.19. The van der Waals surface area contributed by atoms with E-state index in [4.69, 9.17) is 5.73 Å². The molecule has 3 aromatic rings. The van der Waals surface area contributed by atoms with E-state index in [0.29, 0.717) is 17.1 Å². The van der Waals surface area contributed by atoms with E-state index in [1.54, 1.807) is 18.2 Å². The summed E-state index contributed by atoms with van der Waals surface area (Å²) in [5.74, 6) is -1.36. The van der Waals surface area contributed by atoms with E-state index in [2.05, 4.69) is 15.0 Å². The molecule has 33 heavy (non-hydrogen) atoms. The molecule has 0 saturated carbocycles. The maximum atomic E-state index is 14.6. The zero-order valence-corrected chi connectivity index (χ0v) is 19.6. The summed E-state index contributed by atoms with van der Waals surface area (Å²) in [4.78, 5) is 12.2. The van der Waals surface area contributed by atoms with Gasteiger partial charge in [0.2, 0.25) is 5.91 Å². The van der Waals surface area contributed by atoms with Gasteiger partial charge in [-0.25, -0.2) is 12.8 Å². The summed E-state index contributed by atoms with van der Waals surface area (Å²) in [6.45, 7) is 1.83. The summed E-state index contributed by atoms with van der Waals surface area (Å²) in [7, 11) is -3.30. The van der Waals surface area contributed by atoms with Crippen LogP contribution in [0, 0.1) is 24.1 Å². The minimum absolute atomic E-state index is 0.0222. The lowest BCUT2D eigenvalue weighted by atomic mass is 10.0. The van der Waals surface area contributed by atoms with E-state index in [9.17, 15) is 22.9 Å². The molecule has 0 aliphatic carbocycles. The number of sulfone groups is 1. The molecule has 0 radical (unpaired) electrons. The average Bonchev–Trinajstić information content (AvgIpc) is 3.16. The van der Waals surface area contributed by atoms with E-state index in [1.165, 1.54) is 29.7 Å². The Labute approximate surface area is 195 Å². The molecule has 3 rings (SSSR count). The third-order valence-corrected chi connectivity index (χ3v) is 6.78. The molecule has 11 heteroatoms. The van der Waals surface area contributed by atoms with E-state index < -0.39 is 27.6 Å². The van der Waals surface area contributed by atoms with Crippen LogP contribution < -0.4 is 16.4 Å². The second kappa shape index (κ2) is 9.97. The van der Waals surface area contributed by atoms with E-state index in [-0.39, 0.29) is 22.6 Å². The third-order valence-electron chi connectivity index (χ3n) is 4.86. The largest absolute Gasteiger partial charge is 0.371 e. The predicted octanol–water partition coefficient (Wildman–Crippen LogP) is 3.51. The molecule has 1 heterocycles. The van der Waals surface area contributed by atoms with Gasteiger partial charge in [0.05, 0.1) is 27.5 Å². The number of carbonyl (C=O) groups excluding carboxylic acids is 1. The van der Waals surface area contributed by atoms with Crippen molar-refractivity contribution in [3.05, 3.63) is 65.1 Å². The summed E-state index contributed by atoms with van der Waals surface area (Å²) in [5, 5.41) is 15.9. The Hall–Kier alpha value is -3.49. The quantitative estimate of drug-likeness (QED) is 0.420. The lowest BCUT2D eigenvalue weighted by Crippen LogP contribution is -2.36. The molecule has 0 aliphatic heterocycles. The van der Waals surface area contributed by atoms with Crippen LogP contribution in [0.3, 0.4) is 0 Å². The fourth-order valence-electron chi connectivity index (χ4n) is 3.12. The number of anilines is 3. The number of nitrogens with two attached hydrogens (primary N) is 1. The van der Waals surface area contributed by atoms with Crippen LogP contribution in [0.4, 0.5) is 20.8 Å².